The van der Waals surface area contributed by atoms with Gasteiger partial charge in [0, 0.05) is 12.1 Å². The molecule has 96 valence electrons. The average molecular weight is 296 g/mol. The van der Waals surface area contributed by atoms with Crippen molar-refractivity contribution in [3.63, 3.8) is 0 Å². The van der Waals surface area contributed by atoms with Crippen molar-refractivity contribution in [1.29, 1.82) is 5.26 Å². The molecule has 0 aliphatic rings. The molecule has 0 aliphatic carbocycles. The number of hydrogen-bond donors (Lipinski definition) is 0. The van der Waals surface area contributed by atoms with Crippen molar-refractivity contribution in [3.05, 3.63) is 40.1 Å². The average Bonchev–Trinajstić information content (AvgIpc) is 2.42. The van der Waals surface area contributed by atoms with Crippen LogP contribution >= 0.6 is 23.2 Å². The SMILES string of the molecule is COc1cc(C#N)cc(Oc2cc(Cl)nnc2Cl)c1. The van der Waals surface area contributed by atoms with E-state index < -0.39 is 0 Å². The molecule has 1 heterocycles. The van der Waals surface area contributed by atoms with Crippen LogP contribution in [0.2, 0.25) is 10.3 Å². The van der Waals surface area contributed by atoms with Gasteiger partial charge in [0.15, 0.2) is 16.1 Å². The van der Waals surface area contributed by atoms with Crippen LogP contribution in [-0.4, -0.2) is 17.3 Å². The van der Waals surface area contributed by atoms with E-state index in [1.165, 1.54) is 13.2 Å². The van der Waals surface area contributed by atoms with Crippen LogP contribution in [0.25, 0.3) is 0 Å². The van der Waals surface area contributed by atoms with E-state index in [1.54, 1.807) is 18.2 Å². The maximum atomic E-state index is 8.92. The van der Waals surface area contributed by atoms with E-state index >= 15 is 0 Å². The highest BCUT2D eigenvalue weighted by Crippen LogP contribution is 2.31. The Morgan fingerprint density at radius 2 is 1.84 bits per heavy atom. The van der Waals surface area contributed by atoms with Crippen molar-refractivity contribution >= 4 is 23.2 Å². The smallest absolute Gasteiger partial charge is 0.194 e. The summed E-state index contributed by atoms with van der Waals surface area (Å²) in [6, 6.07) is 8.19. The highest BCUT2D eigenvalue weighted by atomic mass is 35.5. The molecule has 2 aromatic rings. The van der Waals surface area contributed by atoms with Gasteiger partial charge in [-0.25, -0.2) is 0 Å². The maximum absolute atomic E-state index is 8.92. The Morgan fingerprint density at radius 1 is 1.11 bits per heavy atom. The molecule has 1 aromatic carbocycles. The van der Waals surface area contributed by atoms with Crippen molar-refractivity contribution in [3.8, 4) is 23.3 Å². The van der Waals surface area contributed by atoms with E-state index in [-0.39, 0.29) is 16.1 Å². The number of nitrogens with zero attached hydrogens (tertiary/aromatic N) is 3. The zero-order valence-corrected chi connectivity index (χ0v) is 11.2. The molecule has 5 nitrogen and oxygen atoms in total. The lowest BCUT2D eigenvalue weighted by molar-refractivity contribution is 0.408. The molecule has 0 fully saturated rings. The molecule has 0 bridgehead atoms. The monoisotopic (exact) mass is 295 g/mol. The van der Waals surface area contributed by atoms with Crippen LogP contribution in [0, 0.1) is 11.3 Å². The van der Waals surface area contributed by atoms with Crippen LogP contribution < -0.4 is 9.47 Å². The van der Waals surface area contributed by atoms with Crippen LogP contribution in [0.3, 0.4) is 0 Å². The number of halogens is 2. The standard InChI is InChI=1S/C12H7Cl2N3O2/c1-18-8-2-7(6-15)3-9(4-8)19-10-5-11(13)16-17-12(10)14/h2-5H,1H3. The second-order valence-corrected chi connectivity index (χ2v) is 4.18. The fraction of sp³-hybridized carbons (Fsp3) is 0.0833. The van der Waals surface area contributed by atoms with Gasteiger partial charge in [0.25, 0.3) is 0 Å². The van der Waals surface area contributed by atoms with Gasteiger partial charge < -0.3 is 9.47 Å². The lowest BCUT2D eigenvalue weighted by Gasteiger charge is -2.08. The number of benzene rings is 1. The van der Waals surface area contributed by atoms with Crippen molar-refractivity contribution in [2.75, 3.05) is 7.11 Å². The number of ether oxygens (including phenoxy) is 2. The first-order chi connectivity index (χ1) is 9.12. The number of hydrogen-bond acceptors (Lipinski definition) is 5. The molecule has 0 saturated heterocycles. The fourth-order valence-electron chi connectivity index (χ4n) is 1.35. The van der Waals surface area contributed by atoms with Gasteiger partial charge in [0.1, 0.15) is 11.5 Å². The molecule has 7 heteroatoms. The Labute approximate surface area is 119 Å². The summed E-state index contributed by atoms with van der Waals surface area (Å²) < 4.78 is 10.6. The fourth-order valence-corrected chi connectivity index (χ4v) is 1.62. The molecule has 0 amide bonds. The molecule has 0 radical (unpaired) electrons. The van der Waals surface area contributed by atoms with Crippen molar-refractivity contribution in [2.45, 2.75) is 0 Å². The Kier molecular flexibility index (Phi) is 4.05. The molecule has 1 aromatic heterocycles. The summed E-state index contributed by atoms with van der Waals surface area (Å²) in [6.07, 6.45) is 0. The highest BCUT2D eigenvalue weighted by Gasteiger charge is 2.09. The van der Waals surface area contributed by atoms with E-state index in [9.17, 15) is 0 Å². The van der Waals surface area contributed by atoms with Gasteiger partial charge in [-0.05, 0) is 12.1 Å². The number of rotatable bonds is 3. The Morgan fingerprint density at radius 3 is 2.53 bits per heavy atom. The Hall–Kier alpha value is -2.03. The lowest BCUT2D eigenvalue weighted by Crippen LogP contribution is -1.92. The van der Waals surface area contributed by atoms with Crippen molar-refractivity contribution < 1.29 is 9.47 Å². The van der Waals surface area contributed by atoms with E-state index in [2.05, 4.69) is 10.2 Å². The summed E-state index contributed by atoms with van der Waals surface area (Å²) in [5.74, 6) is 1.14. The number of methoxy groups -OCH3 is 1. The second kappa shape index (κ2) is 5.74. The number of nitriles is 1. The molecule has 0 saturated carbocycles. The normalized spacial score (nSPS) is 9.79. The first-order valence-electron chi connectivity index (χ1n) is 5.08. The van der Waals surface area contributed by atoms with Gasteiger partial charge in [-0.1, -0.05) is 23.2 Å². The van der Waals surface area contributed by atoms with Gasteiger partial charge in [-0.3, -0.25) is 0 Å². The quantitative estimate of drug-likeness (QED) is 0.867. The maximum Gasteiger partial charge on any atom is 0.194 e. The molecular formula is C12H7Cl2N3O2. The molecule has 19 heavy (non-hydrogen) atoms. The zero-order chi connectivity index (χ0) is 13.8. The molecule has 0 atom stereocenters. The van der Waals surface area contributed by atoms with E-state index in [4.69, 9.17) is 37.9 Å². The minimum atomic E-state index is 0.0747. The van der Waals surface area contributed by atoms with Gasteiger partial charge in [0.2, 0.25) is 0 Å². The highest BCUT2D eigenvalue weighted by molar-refractivity contribution is 6.32. The third-order valence-corrected chi connectivity index (χ3v) is 2.61. The Balaban J connectivity index is 2.38. The minimum absolute atomic E-state index is 0.0747. The largest absolute Gasteiger partial charge is 0.497 e. The van der Waals surface area contributed by atoms with Crippen LogP contribution in [-0.2, 0) is 0 Å². The topological polar surface area (TPSA) is 68.0 Å². The van der Waals surface area contributed by atoms with Crippen LogP contribution in [0.5, 0.6) is 17.2 Å². The third-order valence-electron chi connectivity index (χ3n) is 2.16. The van der Waals surface area contributed by atoms with Crippen LogP contribution in [0.4, 0.5) is 0 Å². The van der Waals surface area contributed by atoms with Gasteiger partial charge >= 0.3 is 0 Å². The minimum Gasteiger partial charge on any atom is -0.497 e. The molecule has 0 N–H and O–H groups in total. The Bertz CT molecular complexity index is 656. The van der Waals surface area contributed by atoms with Crippen molar-refractivity contribution in [1.82, 2.24) is 10.2 Å². The molecule has 0 aliphatic heterocycles. The summed E-state index contributed by atoms with van der Waals surface area (Å²) in [5, 5.41) is 16.3. The first-order valence-corrected chi connectivity index (χ1v) is 5.83. The van der Waals surface area contributed by atoms with Gasteiger partial charge in [0.05, 0.1) is 18.7 Å². The van der Waals surface area contributed by atoms with E-state index in [0.29, 0.717) is 17.1 Å². The molecule has 0 unspecified atom stereocenters. The predicted octanol–water partition coefficient (Wildman–Crippen LogP) is 3.46. The van der Waals surface area contributed by atoms with Crippen molar-refractivity contribution in [2.24, 2.45) is 0 Å². The van der Waals surface area contributed by atoms with E-state index in [1.807, 2.05) is 6.07 Å². The lowest BCUT2D eigenvalue weighted by atomic mass is 10.2. The first kappa shape index (κ1) is 13.4. The molecular weight excluding hydrogens is 289 g/mol. The summed E-state index contributed by atoms with van der Waals surface area (Å²) >= 11 is 11.6. The third kappa shape index (κ3) is 3.25. The van der Waals surface area contributed by atoms with Crippen LogP contribution in [0.1, 0.15) is 5.56 Å². The summed E-state index contributed by atoms with van der Waals surface area (Å²) in [4.78, 5) is 0. The van der Waals surface area contributed by atoms with Gasteiger partial charge in [-0.15, -0.1) is 10.2 Å². The molecule has 0 spiro atoms. The van der Waals surface area contributed by atoms with Crippen LogP contribution in [0.15, 0.2) is 24.3 Å². The van der Waals surface area contributed by atoms with E-state index in [0.717, 1.165) is 0 Å². The predicted molar refractivity (Wildman–Crippen MR) is 69.8 cm³/mol. The zero-order valence-electron chi connectivity index (χ0n) is 9.72. The summed E-state index contributed by atoms with van der Waals surface area (Å²) in [7, 11) is 1.50. The molecule has 2 rings (SSSR count). The summed E-state index contributed by atoms with van der Waals surface area (Å²) in [6.45, 7) is 0. The number of aromatic nitrogens is 2. The second-order valence-electron chi connectivity index (χ2n) is 3.43. The summed E-state index contributed by atoms with van der Waals surface area (Å²) in [5.41, 5.74) is 0.401. The van der Waals surface area contributed by atoms with Gasteiger partial charge in [-0.2, -0.15) is 5.26 Å².